The molecule has 0 heterocycles. The first-order chi connectivity index (χ1) is 9.31. The molecule has 5 nitrogen and oxygen atoms in total. The molecule has 0 aromatic heterocycles. The van der Waals surface area contributed by atoms with Crippen LogP contribution in [0.15, 0.2) is 18.2 Å². The Kier molecular flexibility index (Phi) is 5.76. The SMILES string of the molecule is CC(Oc1ccc(F)cc1Cl)C(=O)N(C)CCC(=O)O. The van der Waals surface area contributed by atoms with Gasteiger partial charge in [-0.05, 0) is 25.1 Å². The molecule has 0 bridgehead atoms. The number of halogens is 2. The molecule has 0 fully saturated rings. The van der Waals surface area contributed by atoms with Gasteiger partial charge < -0.3 is 14.7 Å². The van der Waals surface area contributed by atoms with Gasteiger partial charge in [0, 0.05) is 13.6 Å². The van der Waals surface area contributed by atoms with Gasteiger partial charge in [-0.25, -0.2) is 4.39 Å². The minimum Gasteiger partial charge on any atom is -0.481 e. The molecule has 0 saturated heterocycles. The van der Waals surface area contributed by atoms with Crippen molar-refractivity contribution >= 4 is 23.5 Å². The number of hydrogen-bond donors (Lipinski definition) is 1. The Morgan fingerprint density at radius 2 is 2.15 bits per heavy atom. The molecule has 7 heteroatoms. The maximum atomic E-state index is 12.9. The van der Waals surface area contributed by atoms with E-state index in [2.05, 4.69) is 0 Å². The Hall–Kier alpha value is -1.82. The van der Waals surface area contributed by atoms with E-state index in [0.29, 0.717) is 0 Å². The van der Waals surface area contributed by atoms with Crippen LogP contribution in [0.1, 0.15) is 13.3 Å². The molecule has 110 valence electrons. The molecule has 0 aliphatic carbocycles. The van der Waals surface area contributed by atoms with Gasteiger partial charge in [0.1, 0.15) is 11.6 Å². The minimum atomic E-state index is -0.986. The number of amides is 1. The van der Waals surface area contributed by atoms with Crippen LogP contribution in [0.3, 0.4) is 0 Å². The predicted octanol–water partition coefficient (Wildman–Crippen LogP) is 2.18. The number of carbonyl (C=O) groups is 2. The van der Waals surface area contributed by atoms with E-state index < -0.39 is 17.9 Å². The number of ether oxygens (including phenoxy) is 1. The van der Waals surface area contributed by atoms with E-state index in [0.717, 1.165) is 6.07 Å². The highest BCUT2D eigenvalue weighted by molar-refractivity contribution is 6.32. The van der Waals surface area contributed by atoms with Crippen LogP contribution in [0, 0.1) is 5.82 Å². The summed E-state index contributed by atoms with van der Waals surface area (Å²) in [6.07, 6.45) is -0.997. The number of carbonyl (C=O) groups excluding carboxylic acids is 1. The van der Waals surface area contributed by atoms with Gasteiger partial charge in [-0.2, -0.15) is 0 Å². The van der Waals surface area contributed by atoms with Gasteiger partial charge >= 0.3 is 5.97 Å². The van der Waals surface area contributed by atoms with Crippen molar-refractivity contribution in [2.45, 2.75) is 19.4 Å². The molecule has 1 aromatic carbocycles. The summed E-state index contributed by atoms with van der Waals surface area (Å²) in [5, 5.41) is 8.63. The van der Waals surface area contributed by atoms with E-state index in [9.17, 15) is 14.0 Å². The van der Waals surface area contributed by atoms with Crippen LogP contribution < -0.4 is 4.74 Å². The molecule has 0 saturated carbocycles. The first kappa shape index (κ1) is 16.2. The largest absolute Gasteiger partial charge is 0.481 e. The number of carboxylic acids is 1. The predicted molar refractivity (Wildman–Crippen MR) is 71.4 cm³/mol. The average Bonchev–Trinajstić information content (AvgIpc) is 2.38. The zero-order valence-electron chi connectivity index (χ0n) is 11.1. The third-order valence-electron chi connectivity index (χ3n) is 2.58. The fourth-order valence-corrected chi connectivity index (χ4v) is 1.71. The van der Waals surface area contributed by atoms with Crippen LogP contribution in [-0.4, -0.2) is 41.6 Å². The van der Waals surface area contributed by atoms with Gasteiger partial charge in [-0.3, -0.25) is 9.59 Å². The summed E-state index contributed by atoms with van der Waals surface area (Å²) in [6, 6.07) is 3.59. The van der Waals surface area contributed by atoms with Gasteiger partial charge in [0.05, 0.1) is 11.4 Å². The number of benzene rings is 1. The zero-order valence-corrected chi connectivity index (χ0v) is 11.9. The lowest BCUT2D eigenvalue weighted by molar-refractivity contribution is -0.140. The Balaban J connectivity index is 2.63. The first-order valence-corrected chi connectivity index (χ1v) is 6.27. The van der Waals surface area contributed by atoms with Crippen molar-refractivity contribution in [3.63, 3.8) is 0 Å². The van der Waals surface area contributed by atoms with Crippen molar-refractivity contribution in [3.05, 3.63) is 29.0 Å². The Labute approximate surface area is 120 Å². The lowest BCUT2D eigenvalue weighted by Crippen LogP contribution is -2.39. The number of aliphatic carboxylic acids is 1. The molecule has 1 rings (SSSR count). The Morgan fingerprint density at radius 1 is 1.50 bits per heavy atom. The number of hydrogen-bond acceptors (Lipinski definition) is 3. The number of rotatable bonds is 6. The number of carboxylic acid groups (broad SMARTS) is 1. The molecule has 1 amide bonds. The number of nitrogens with zero attached hydrogens (tertiary/aromatic N) is 1. The topological polar surface area (TPSA) is 66.8 Å². The fourth-order valence-electron chi connectivity index (χ4n) is 1.50. The highest BCUT2D eigenvalue weighted by Crippen LogP contribution is 2.26. The average molecular weight is 304 g/mol. The second-order valence-electron chi connectivity index (χ2n) is 4.24. The van der Waals surface area contributed by atoms with Gasteiger partial charge in [-0.15, -0.1) is 0 Å². The van der Waals surface area contributed by atoms with Crippen molar-refractivity contribution in [2.24, 2.45) is 0 Å². The highest BCUT2D eigenvalue weighted by Gasteiger charge is 2.20. The van der Waals surface area contributed by atoms with Crippen LogP contribution in [0.25, 0.3) is 0 Å². The van der Waals surface area contributed by atoms with E-state index in [1.54, 1.807) is 0 Å². The Bertz CT molecular complexity index is 509. The molecule has 1 aromatic rings. The van der Waals surface area contributed by atoms with E-state index in [4.69, 9.17) is 21.4 Å². The first-order valence-electron chi connectivity index (χ1n) is 5.89. The zero-order chi connectivity index (χ0) is 15.3. The van der Waals surface area contributed by atoms with Crippen molar-refractivity contribution < 1.29 is 23.8 Å². The molecule has 0 aliphatic rings. The molecule has 1 N–H and O–H groups in total. The second-order valence-corrected chi connectivity index (χ2v) is 4.65. The summed E-state index contributed by atoms with van der Waals surface area (Å²) in [6.45, 7) is 1.60. The maximum absolute atomic E-state index is 12.9. The lowest BCUT2D eigenvalue weighted by Gasteiger charge is -2.21. The molecule has 0 aliphatic heterocycles. The van der Waals surface area contributed by atoms with Crippen LogP contribution in [-0.2, 0) is 9.59 Å². The van der Waals surface area contributed by atoms with Crippen LogP contribution in [0.2, 0.25) is 5.02 Å². The molecular weight excluding hydrogens is 289 g/mol. The minimum absolute atomic E-state index is 0.0674. The third-order valence-corrected chi connectivity index (χ3v) is 2.88. The molecule has 0 spiro atoms. The van der Waals surface area contributed by atoms with Crippen molar-refractivity contribution in [3.8, 4) is 5.75 Å². The van der Waals surface area contributed by atoms with Gasteiger partial charge in [-0.1, -0.05) is 11.6 Å². The highest BCUT2D eigenvalue weighted by atomic mass is 35.5. The summed E-state index contributed by atoms with van der Waals surface area (Å²) in [5.74, 6) is -1.67. The Morgan fingerprint density at radius 3 is 2.70 bits per heavy atom. The standard InChI is InChI=1S/C13H15ClFNO4/c1-8(13(19)16(2)6-5-12(17)18)20-11-4-3-9(15)7-10(11)14/h3-4,7-8H,5-6H2,1-2H3,(H,17,18). The molecule has 0 radical (unpaired) electrons. The smallest absolute Gasteiger partial charge is 0.305 e. The van der Waals surface area contributed by atoms with E-state index in [1.807, 2.05) is 0 Å². The van der Waals surface area contributed by atoms with Gasteiger partial charge in [0.15, 0.2) is 6.10 Å². The summed E-state index contributed by atoms with van der Waals surface area (Å²) >= 11 is 5.79. The van der Waals surface area contributed by atoms with Crippen LogP contribution >= 0.6 is 11.6 Å². The van der Waals surface area contributed by atoms with Crippen LogP contribution in [0.5, 0.6) is 5.75 Å². The summed E-state index contributed by atoms with van der Waals surface area (Å²) < 4.78 is 18.2. The van der Waals surface area contributed by atoms with Gasteiger partial charge in [0.2, 0.25) is 0 Å². The maximum Gasteiger partial charge on any atom is 0.305 e. The fraction of sp³-hybridized carbons (Fsp3) is 0.385. The van der Waals surface area contributed by atoms with Crippen molar-refractivity contribution in [2.75, 3.05) is 13.6 Å². The van der Waals surface area contributed by atoms with Crippen molar-refractivity contribution in [1.82, 2.24) is 4.90 Å². The summed E-state index contributed by atoms with van der Waals surface area (Å²) in [4.78, 5) is 23.6. The summed E-state index contributed by atoms with van der Waals surface area (Å²) in [5.41, 5.74) is 0. The van der Waals surface area contributed by atoms with E-state index in [1.165, 1.54) is 31.0 Å². The normalized spacial score (nSPS) is 11.8. The van der Waals surface area contributed by atoms with E-state index in [-0.39, 0.29) is 29.6 Å². The summed E-state index contributed by atoms with van der Waals surface area (Å²) in [7, 11) is 1.48. The van der Waals surface area contributed by atoms with Crippen molar-refractivity contribution in [1.29, 1.82) is 0 Å². The van der Waals surface area contributed by atoms with Gasteiger partial charge in [0.25, 0.3) is 5.91 Å². The molecule has 20 heavy (non-hydrogen) atoms. The third kappa shape index (κ3) is 4.70. The van der Waals surface area contributed by atoms with E-state index >= 15 is 0 Å². The second kappa shape index (κ2) is 7.09. The monoisotopic (exact) mass is 303 g/mol. The molecule has 1 unspecified atom stereocenters. The molecular formula is C13H15ClFNO4. The quantitative estimate of drug-likeness (QED) is 0.874. The lowest BCUT2D eigenvalue weighted by atomic mass is 10.3. The number of likely N-dealkylation sites (N-methyl/N-ethyl adjacent to an activating group) is 1. The van der Waals surface area contributed by atoms with Crippen LogP contribution in [0.4, 0.5) is 4.39 Å². The molecule has 1 atom stereocenters.